The Morgan fingerprint density at radius 3 is 0.897 bits per heavy atom. The molecule has 170 valence electrons. The van der Waals surface area contributed by atoms with Crippen LogP contribution in [0.3, 0.4) is 0 Å². The van der Waals surface area contributed by atoms with E-state index in [-0.39, 0.29) is 0 Å². The van der Waals surface area contributed by atoms with Gasteiger partial charge >= 0.3 is 17.9 Å². The average Bonchev–Trinajstić information content (AvgIpc) is 2.68. The van der Waals surface area contributed by atoms with Gasteiger partial charge in [0.05, 0.1) is 0 Å². The van der Waals surface area contributed by atoms with Crippen molar-refractivity contribution in [2.24, 2.45) is 0 Å². The molecule has 3 N–H and O–H groups in total. The monoisotopic (exact) mass is 414 g/mol. The van der Waals surface area contributed by atoms with E-state index in [1.807, 2.05) is 0 Å². The normalized spacial score (nSPS) is 9.72. The first-order valence-corrected chi connectivity index (χ1v) is 10.8. The quantitative estimate of drug-likeness (QED) is 0.197. The predicted octanol–water partition coefficient (Wildman–Crippen LogP) is 6.46. The Labute approximate surface area is 176 Å². The van der Waals surface area contributed by atoms with Crippen molar-refractivity contribution in [2.75, 3.05) is 0 Å². The molecule has 6 nitrogen and oxygen atoms in total. The number of hydrogen-bond donors (Lipinski definition) is 3. The lowest BCUT2D eigenvalue weighted by atomic mass is 10.0. The standard InChI is InChI=1S/C16H34.C4H4O4.C3H4O2/c1-3-5-7-9-11-13-15-16-14-12-10-8-6-4-2;5-3(6)1-2-4(7)8;1-2-3(4)5/h3-16H2,1-2H3;1-2H,(H,5,6)(H,7,8);2H,1H2,(H,4,5)/b;2-1+;. The molecule has 0 saturated carbocycles. The van der Waals surface area contributed by atoms with Crippen LogP contribution in [0.2, 0.25) is 0 Å². The van der Waals surface area contributed by atoms with E-state index >= 15 is 0 Å². The van der Waals surface area contributed by atoms with Gasteiger partial charge in [-0.2, -0.15) is 0 Å². The lowest BCUT2D eigenvalue weighted by Gasteiger charge is -2.02. The first kappa shape index (κ1) is 31.6. The lowest BCUT2D eigenvalue weighted by molar-refractivity contribution is -0.134. The summed E-state index contributed by atoms with van der Waals surface area (Å²) in [5.74, 6) is -3.50. The molecule has 0 aliphatic rings. The molecule has 6 heteroatoms. The molecule has 0 amide bonds. The van der Waals surface area contributed by atoms with Crippen LogP contribution in [-0.2, 0) is 14.4 Å². The third kappa shape index (κ3) is 46.2. The second-order valence-electron chi connectivity index (χ2n) is 6.79. The van der Waals surface area contributed by atoms with E-state index in [0.29, 0.717) is 12.2 Å². The van der Waals surface area contributed by atoms with Crippen molar-refractivity contribution in [2.45, 2.75) is 104 Å². The second kappa shape index (κ2) is 28.1. The maximum Gasteiger partial charge on any atom is 0.328 e. The number of carbonyl (C=O) groups is 3. The van der Waals surface area contributed by atoms with Crippen LogP contribution >= 0.6 is 0 Å². The third-order valence-electron chi connectivity index (χ3n) is 4.00. The van der Waals surface area contributed by atoms with Crippen LogP contribution < -0.4 is 0 Å². The predicted molar refractivity (Wildman–Crippen MR) is 118 cm³/mol. The van der Waals surface area contributed by atoms with Crippen molar-refractivity contribution in [3.63, 3.8) is 0 Å². The molecule has 0 aromatic rings. The topological polar surface area (TPSA) is 112 Å². The smallest absolute Gasteiger partial charge is 0.328 e. The molecule has 0 aromatic heterocycles. The van der Waals surface area contributed by atoms with Crippen LogP contribution in [0.4, 0.5) is 0 Å². The molecule has 29 heavy (non-hydrogen) atoms. The molecule has 0 fully saturated rings. The van der Waals surface area contributed by atoms with Gasteiger partial charge < -0.3 is 15.3 Å². The Kier molecular flexibility index (Phi) is 30.6. The Bertz CT molecular complexity index is 399. The fraction of sp³-hybridized carbons (Fsp3) is 0.696. The molecule has 0 saturated heterocycles. The molecular formula is C23H42O6. The molecule has 0 bridgehead atoms. The SMILES string of the molecule is C=CC(=O)O.CCCCCCCCCCCCCCCC.O=C(O)/C=C/C(=O)O. The highest BCUT2D eigenvalue weighted by Gasteiger charge is 1.93. The van der Waals surface area contributed by atoms with Gasteiger partial charge in [-0.05, 0) is 0 Å². The highest BCUT2D eigenvalue weighted by Crippen LogP contribution is 2.12. The van der Waals surface area contributed by atoms with Crippen molar-refractivity contribution in [3.8, 4) is 0 Å². The van der Waals surface area contributed by atoms with Crippen LogP contribution in [0.1, 0.15) is 104 Å². The van der Waals surface area contributed by atoms with Crippen molar-refractivity contribution in [1.29, 1.82) is 0 Å². The van der Waals surface area contributed by atoms with E-state index in [1.54, 1.807) is 0 Å². The Hall–Kier alpha value is -2.11. The largest absolute Gasteiger partial charge is 0.478 e. The van der Waals surface area contributed by atoms with Gasteiger partial charge in [-0.3, -0.25) is 0 Å². The van der Waals surface area contributed by atoms with Gasteiger partial charge in [0.25, 0.3) is 0 Å². The molecule has 0 rings (SSSR count). The number of carboxylic acids is 3. The molecule has 0 aromatic carbocycles. The van der Waals surface area contributed by atoms with Gasteiger partial charge in [0.2, 0.25) is 0 Å². The van der Waals surface area contributed by atoms with Crippen molar-refractivity contribution < 1.29 is 29.7 Å². The first-order valence-electron chi connectivity index (χ1n) is 10.8. The van der Waals surface area contributed by atoms with E-state index in [1.165, 1.54) is 89.9 Å². The van der Waals surface area contributed by atoms with Gasteiger partial charge in [0, 0.05) is 18.2 Å². The van der Waals surface area contributed by atoms with E-state index < -0.39 is 17.9 Å². The molecular weight excluding hydrogens is 372 g/mol. The summed E-state index contributed by atoms with van der Waals surface area (Å²) in [5, 5.41) is 23.2. The molecule has 0 heterocycles. The Balaban J connectivity index is -0.000000430. The molecule has 0 atom stereocenters. The summed E-state index contributed by atoms with van der Waals surface area (Å²) in [5.41, 5.74) is 0. The highest BCUT2D eigenvalue weighted by molar-refractivity contribution is 5.89. The summed E-state index contributed by atoms with van der Waals surface area (Å²) in [7, 11) is 0. The third-order valence-corrected chi connectivity index (χ3v) is 4.00. The maximum absolute atomic E-state index is 9.55. The van der Waals surface area contributed by atoms with Crippen LogP contribution in [0, 0.1) is 0 Å². The number of aliphatic carboxylic acids is 3. The Morgan fingerprint density at radius 2 is 0.759 bits per heavy atom. The maximum atomic E-state index is 9.55. The van der Waals surface area contributed by atoms with Crippen molar-refractivity contribution in [1.82, 2.24) is 0 Å². The van der Waals surface area contributed by atoms with Gasteiger partial charge in [-0.1, -0.05) is 110 Å². The van der Waals surface area contributed by atoms with Crippen LogP contribution in [0.15, 0.2) is 24.8 Å². The minimum Gasteiger partial charge on any atom is -0.478 e. The van der Waals surface area contributed by atoms with Gasteiger partial charge in [0.1, 0.15) is 0 Å². The summed E-state index contributed by atoms with van der Waals surface area (Å²) >= 11 is 0. The molecule has 0 aliphatic heterocycles. The summed E-state index contributed by atoms with van der Waals surface area (Å²) in [6.45, 7) is 7.54. The minimum atomic E-state index is -1.26. The van der Waals surface area contributed by atoms with E-state index in [0.717, 1.165) is 6.08 Å². The molecule has 0 unspecified atom stereocenters. The fourth-order valence-corrected chi connectivity index (χ4v) is 2.41. The molecule has 0 aliphatic carbocycles. The zero-order valence-electron chi connectivity index (χ0n) is 18.4. The van der Waals surface area contributed by atoms with E-state index in [4.69, 9.17) is 15.3 Å². The summed E-state index contributed by atoms with van der Waals surface area (Å²) < 4.78 is 0. The summed E-state index contributed by atoms with van der Waals surface area (Å²) in [6.07, 6.45) is 22.4. The first-order chi connectivity index (χ1) is 13.8. The zero-order valence-corrected chi connectivity index (χ0v) is 18.4. The average molecular weight is 415 g/mol. The fourth-order valence-electron chi connectivity index (χ4n) is 2.41. The van der Waals surface area contributed by atoms with Gasteiger partial charge in [-0.25, -0.2) is 14.4 Å². The van der Waals surface area contributed by atoms with Crippen molar-refractivity contribution in [3.05, 3.63) is 24.8 Å². The Morgan fingerprint density at radius 1 is 0.552 bits per heavy atom. The highest BCUT2D eigenvalue weighted by atomic mass is 16.4. The lowest BCUT2D eigenvalue weighted by Crippen LogP contribution is -1.91. The number of unbranched alkanes of at least 4 members (excludes halogenated alkanes) is 13. The molecule has 0 radical (unpaired) electrons. The summed E-state index contributed by atoms with van der Waals surface area (Å²) in [4.78, 5) is 28.4. The van der Waals surface area contributed by atoms with Crippen LogP contribution in [0.25, 0.3) is 0 Å². The van der Waals surface area contributed by atoms with E-state index in [9.17, 15) is 14.4 Å². The van der Waals surface area contributed by atoms with Gasteiger partial charge in [-0.15, -0.1) is 0 Å². The minimum absolute atomic E-state index is 0.558. The zero-order chi connectivity index (χ0) is 22.8. The van der Waals surface area contributed by atoms with Crippen LogP contribution in [0.5, 0.6) is 0 Å². The number of hydrogen-bond acceptors (Lipinski definition) is 3. The van der Waals surface area contributed by atoms with Crippen LogP contribution in [-0.4, -0.2) is 33.2 Å². The van der Waals surface area contributed by atoms with E-state index in [2.05, 4.69) is 20.4 Å². The van der Waals surface area contributed by atoms with Crippen molar-refractivity contribution >= 4 is 17.9 Å². The number of carboxylic acid groups (broad SMARTS) is 3. The molecule has 0 spiro atoms. The number of rotatable bonds is 16. The van der Waals surface area contributed by atoms with Gasteiger partial charge in [0.15, 0.2) is 0 Å². The second-order valence-corrected chi connectivity index (χ2v) is 6.79. The summed E-state index contributed by atoms with van der Waals surface area (Å²) in [6, 6.07) is 0.